The van der Waals surface area contributed by atoms with Crippen LogP contribution in [0.15, 0.2) is 66.1 Å². The summed E-state index contributed by atoms with van der Waals surface area (Å²) in [4.78, 5) is 30.0. The van der Waals surface area contributed by atoms with Gasteiger partial charge in [0, 0.05) is 12.7 Å². The number of thioether (sulfide) groups is 1. The molecule has 3 aromatic rings. The van der Waals surface area contributed by atoms with E-state index in [1.165, 1.54) is 16.7 Å². The van der Waals surface area contributed by atoms with Gasteiger partial charge in [0.15, 0.2) is 0 Å². The number of nitrogens with one attached hydrogen (secondary N) is 1. The zero-order valence-corrected chi connectivity index (χ0v) is 16.5. The van der Waals surface area contributed by atoms with E-state index in [0.717, 1.165) is 11.3 Å². The van der Waals surface area contributed by atoms with Crippen molar-refractivity contribution in [3.05, 3.63) is 66.5 Å². The highest BCUT2D eigenvalue weighted by atomic mass is 32.2. The lowest BCUT2D eigenvalue weighted by atomic mass is 10.2. The first kappa shape index (κ1) is 19.6. The first-order chi connectivity index (χ1) is 13.5. The highest BCUT2D eigenvalue weighted by Crippen LogP contribution is 2.15. The van der Waals surface area contributed by atoms with Crippen molar-refractivity contribution in [3.63, 3.8) is 0 Å². The number of hydrogen-bond donors (Lipinski definition) is 1. The van der Waals surface area contributed by atoms with Gasteiger partial charge in [0.1, 0.15) is 6.33 Å². The quantitative estimate of drug-likeness (QED) is 0.622. The monoisotopic (exact) mass is 395 g/mol. The smallest absolute Gasteiger partial charge is 0.243 e. The maximum absolute atomic E-state index is 12.3. The van der Waals surface area contributed by atoms with E-state index < -0.39 is 0 Å². The number of anilines is 1. The van der Waals surface area contributed by atoms with Gasteiger partial charge in [0.25, 0.3) is 0 Å². The van der Waals surface area contributed by atoms with Crippen LogP contribution in [0.5, 0.6) is 0 Å². The van der Waals surface area contributed by atoms with Crippen LogP contribution < -0.4 is 5.32 Å². The molecular formula is C20H21N5O2S. The topological polar surface area (TPSA) is 80.1 Å². The summed E-state index contributed by atoms with van der Waals surface area (Å²) in [7, 11) is 1.60. The van der Waals surface area contributed by atoms with Crippen LogP contribution in [0.25, 0.3) is 5.69 Å². The molecule has 8 heteroatoms. The molecule has 0 saturated carbocycles. The van der Waals surface area contributed by atoms with Crippen LogP contribution in [0.4, 0.5) is 5.69 Å². The lowest BCUT2D eigenvalue weighted by Crippen LogP contribution is -2.35. The zero-order chi connectivity index (χ0) is 19.9. The molecule has 7 nitrogen and oxygen atoms in total. The van der Waals surface area contributed by atoms with E-state index in [2.05, 4.69) is 15.4 Å². The number of carbonyl (C=O) groups is 2. The highest BCUT2D eigenvalue weighted by molar-refractivity contribution is 7.99. The standard InChI is InChI=1S/C20H21N5O2S/c1-15-8-10-16(11-9-15)22-18(26)12-24(2)19(27)13-28-20-21-14-25(23-20)17-6-4-3-5-7-17/h3-11,14H,12-13H2,1-2H3,(H,22,26). The van der Waals surface area contributed by atoms with Crippen LogP contribution in [0.3, 0.4) is 0 Å². The Kier molecular flexibility index (Phi) is 6.44. The normalized spacial score (nSPS) is 10.5. The minimum absolute atomic E-state index is 0.0147. The van der Waals surface area contributed by atoms with E-state index in [0.29, 0.717) is 10.8 Å². The van der Waals surface area contributed by atoms with Gasteiger partial charge in [-0.15, -0.1) is 5.10 Å². The van der Waals surface area contributed by atoms with E-state index in [-0.39, 0.29) is 24.1 Å². The molecule has 0 saturated heterocycles. The second-order valence-corrected chi connectivity index (χ2v) is 7.20. The molecule has 2 aromatic carbocycles. The molecule has 0 aliphatic carbocycles. The fourth-order valence-electron chi connectivity index (χ4n) is 2.40. The molecule has 0 unspecified atom stereocenters. The number of rotatable bonds is 7. The van der Waals surface area contributed by atoms with Gasteiger partial charge in [-0.05, 0) is 31.2 Å². The van der Waals surface area contributed by atoms with Gasteiger partial charge in [0.05, 0.1) is 18.0 Å². The van der Waals surface area contributed by atoms with Crippen molar-refractivity contribution in [2.45, 2.75) is 12.1 Å². The van der Waals surface area contributed by atoms with E-state index in [1.54, 1.807) is 18.1 Å². The van der Waals surface area contributed by atoms with Crippen LogP contribution in [-0.2, 0) is 9.59 Å². The van der Waals surface area contributed by atoms with Crippen LogP contribution in [0, 0.1) is 6.92 Å². The Balaban J connectivity index is 1.47. The van der Waals surface area contributed by atoms with Gasteiger partial charge >= 0.3 is 0 Å². The Labute approximate surface area is 167 Å². The van der Waals surface area contributed by atoms with Gasteiger partial charge in [0.2, 0.25) is 17.0 Å². The summed E-state index contributed by atoms with van der Waals surface area (Å²) in [5.74, 6) is -0.246. The fraction of sp³-hybridized carbons (Fsp3) is 0.200. The molecule has 0 bridgehead atoms. The Morgan fingerprint density at radius 3 is 2.54 bits per heavy atom. The van der Waals surface area contributed by atoms with Gasteiger partial charge in [-0.3, -0.25) is 9.59 Å². The van der Waals surface area contributed by atoms with Crippen molar-refractivity contribution in [1.29, 1.82) is 0 Å². The summed E-state index contributed by atoms with van der Waals surface area (Å²) in [5, 5.41) is 7.65. The molecule has 144 valence electrons. The minimum Gasteiger partial charge on any atom is -0.336 e. The van der Waals surface area contributed by atoms with Crippen LogP contribution in [0.2, 0.25) is 0 Å². The Bertz CT molecular complexity index is 941. The third-order valence-electron chi connectivity index (χ3n) is 3.96. The molecular weight excluding hydrogens is 374 g/mol. The number of aromatic nitrogens is 3. The van der Waals surface area contributed by atoms with E-state index in [4.69, 9.17) is 0 Å². The predicted molar refractivity (Wildman–Crippen MR) is 110 cm³/mol. The molecule has 0 aliphatic heterocycles. The Morgan fingerprint density at radius 1 is 1.11 bits per heavy atom. The number of nitrogens with zero attached hydrogens (tertiary/aromatic N) is 4. The van der Waals surface area contributed by atoms with E-state index >= 15 is 0 Å². The predicted octanol–water partition coefficient (Wildman–Crippen LogP) is 2.76. The van der Waals surface area contributed by atoms with Crippen molar-refractivity contribution in [3.8, 4) is 5.69 Å². The summed E-state index contributed by atoms with van der Waals surface area (Å²) < 4.78 is 1.66. The van der Waals surface area contributed by atoms with Gasteiger partial charge in [-0.1, -0.05) is 47.7 Å². The molecule has 28 heavy (non-hydrogen) atoms. The van der Waals surface area contributed by atoms with Gasteiger partial charge in [-0.2, -0.15) is 0 Å². The van der Waals surface area contributed by atoms with Crippen molar-refractivity contribution in [2.24, 2.45) is 0 Å². The number of aryl methyl sites for hydroxylation is 1. The summed E-state index contributed by atoms with van der Waals surface area (Å²) in [6, 6.07) is 17.1. The van der Waals surface area contributed by atoms with Gasteiger partial charge in [-0.25, -0.2) is 9.67 Å². The average molecular weight is 395 g/mol. The third-order valence-corrected chi connectivity index (χ3v) is 4.79. The molecule has 0 radical (unpaired) electrons. The van der Waals surface area contributed by atoms with E-state index in [1.807, 2.05) is 61.5 Å². The largest absolute Gasteiger partial charge is 0.336 e. The maximum atomic E-state index is 12.3. The second-order valence-electron chi connectivity index (χ2n) is 6.26. The van der Waals surface area contributed by atoms with E-state index in [9.17, 15) is 9.59 Å². The number of amides is 2. The molecule has 1 N–H and O–H groups in total. The molecule has 3 rings (SSSR count). The zero-order valence-electron chi connectivity index (χ0n) is 15.7. The number of carbonyl (C=O) groups excluding carboxylic acids is 2. The summed E-state index contributed by atoms with van der Waals surface area (Å²) in [6.45, 7) is 1.96. The fourth-order valence-corrected chi connectivity index (χ4v) is 3.14. The summed E-state index contributed by atoms with van der Waals surface area (Å²) >= 11 is 1.24. The average Bonchev–Trinajstić information content (AvgIpc) is 3.17. The molecule has 1 aromatic heterocycles. The van der Waals surface area contributed by atoms with Crippen molar-refractivity contribution in [1.82, 2.24) is 19.7 Å². The first-order valence-corrected chi connectivity index (χ1v) is 9.70. The molecule has 0 spiro atoms. The summed E-state index contributed by atoms with van der Waals surface area (Å²) in [5.41, 5.74) is 2.73. The second kappa shape index (κ2) is 9.18. The Hall–Kier alpha value is -3.13. The number of benzene rings is 2. The first-order valence-electron chi connectivity index (χ1n) is 8.71. The lowest BCUT2D eigenvalue weighted by Gasteiger charge is -2.16. The van der Waals surface area contributed by atoms with Crippen molar-refractivity contribution >= 4 is 29.3 Å². The molecule has 2 amide bonds. The number of para-hydroxylation sites is 1. The van der Waals surface area contributed by atoms with Gasteiger partial charge < -0.3 is 10.2 Å². The maximum Gasteiger partial charge on any atom is 0.243 e. The third kappa shape index (κ3) is 5.43. The SMILES string of the molecule is Cc1ccc(NC(=O)CN(C)C(=O)CSc2ncn(-c3ccccc3)n2)cc1. The number of hydrogen-bond acceptors (Lipinski definition) is 5. The molecule has 0 aliphatic rings. The molecule has 0 fully saturated rings. The number of likely N-dealkylation sites (N-methyl/N-ethyl adjacent to an activating group) is 1. The van der Waals surface area contributed by atoms with Crippen LogP contribution >= 0.6 is 11.8 Å². The highest BCUT2D eigenvalue weighted by Gasteiger charge is 2.15. The molecule has 1 heterocycles. The van der Waals surface area contributed by atoms with Crippen molar-refractivity contribution < 1.29 is 9.59 Å². The lowest BCUT2D eigenvalue weighted by molar-refractivity contribution is -0.131. The van der Waals surface area contributed by atoms with Crippen molar-refractivity contribution in [2.75, 3.05) is 24.7 Å². The van der Waals surface area contributed by atoms with Crippen LogP contribution in [0.1, 0.15) is 5.56 Å². The molecule has 0 atom stereocenters. The van der Waals surface area contributed by atoms with Crippen LogP contribution in [-0.4, -0.2) is 50.8 Å². The Morgan fingerprint density at radius 2 is 1.82 bits per heavy atom. The minimum atomic E-state index is -0.240. The summed E-state index contributed by atoms with van der Waals surface area (Å²) in [6.07, 6.45) is 1.61.